The quantitative estimate of drug-likeness (QED) is 0.501. The summed E-state index contributed by atoms with van der Waals surface area (Å²) in [7, 11) is 0. The molecule has 0 radical (unpaired) electrons. The number of aromatic amines is 1. The molecule has 3 aromatic carbocycles. The highest BCUT2D eigenvalue weighted by atomic mass is 32.2. The molecule has 138 valence electrons. The molecule has 0 bridgehead atoms. The number of para-hydroxylation sites is 2. The van der Waals surface area contributed by atoms with E-state index in [1.807, 2.05) is 71.6 Å². The van der Waals surface area contributed by atoms with Gasteiger partial charge in [0.2, 0.25) is 5.91 Å². The van der Waals surface area contributed by atoms with Crippen LogP contribution in [-0.2, 0) is 4.79 Å². The van der Waals surface area contributed by atoms with Crippen LogP contribution < -0.4 is 4.90 Å². The van der Waals surface area contributed by atoms with E-state index in [0.29, 0.717) is 5.75 Å². The van der Waals surface area contributed by atoms with Crippen LogP contribution in [0.1, 0.15) is 10.9 Å². The molecule has 1 aliphatic heterocycles. The SMILES string of the molecule is O=C1CSC(c2ccccc2O)N1c1c(-c2ccccc2)[nH]c2ccccc12. The van der Waals surface area contributed by atoms with Gasteiger partial charge in [0, 0.05) is 22.0 Å². The molecule has 1 amide bonds. The molecule has 28 heavy (non-hydrogen) atoms. The van der Waals surface area contributed by atoms with Crippen molar-refractivity contribution >= 4 is 34.3 Å². The van der Waals surface area contributed by atoms with E-state index in [0.717, 1.165) is 33.4 Å². The number of phenolic OH excluding ortho intramolecular Hbond substituents is 1. The molecule has 1 unspecified atom stereocenters. The van der Waals surface area contributed by atoms with Crippen molar-refractivity contribution in [2.45, 2.75) is 5.37 Å². The van der Waals surface area contributed by atoms with Crippen molar-refractivity contribution in [1.29, 1.82) is 0 Å². The molecule has 1 aromatic heterocycles. The van der Waals surface area contributed by atoms with E-state index in [4.69, 9.17) is 0 Å². The number of anilines is 1. The van der Waals surface area contributed by atoms with Crippen molar-refractivity contribution in [3.63, 3.8) is 0 Å². The van der Waals surface area contributed by atoms with Crippen LogP contribution >= 0.6 is 11.8 Å². The van der Waals surface area contributed by atoms with Crippen LogP contribution in [0.5, 0.6) is 5.75 Å². The Bertz CT molecular complexity index is 1170. The molecule has 4 nitrogen and oxygen atoms in total. The summed E-state index contributed by atoms with van der Waals surface area (Å²) in [5, 5.41) is 11.1. The number of amides is 1. The van der Waals surface area contributed by atoms with Crippen molar-refractivity contribution in [3.05, 3.63) is 84.4 Å². The van der Waals surface area contributed by atoms with Crippen LogP contribution in [0.3, 0.4) is 0 Å². The van der Waals surface area contributed by atoms with Gasteiger partial charge in [0.1, 0.15) is 11.1 Å². The molecule has 0 saturated carbocycles. The number of rotatable bonds is 3. The van der Waals surface area contributed by atoms with Gasteiger partial charge in [-0.1, -0.05) is 66.7 Å². The van der Waals surface area contributed by atoms with E-state index in [1.54, 1.807) is 12.1 Å². The molecular weight excluding hydrogens is 368 g/mol. The summed E-state index contributed by atoms with van der Waals surface area (Å²) in [5.41, 5.74) is 4.54. The predicted octanol–water partition coefficient (Wildman–Crippen LogP) is 5.32. The third-order valence-corrected chi connectivity index (χ3v) is 6.25. The lowest BCUT2D eigenvalue weighted by molar-refractivity contribution is -0.115. The van der Waals surface area contributed by atoms with Gasteiger partial charge >= 0.3 is 0 Å². The number of nitrogens with zero attached hydrogens (tertiary/aromatic N) is 1. The first-order valence-corrected chi connectivity index (χ1v) is 10.2. The maximum Gasteiger partial charge on any atom is 0.238 e. The molecule has 0 aliphatic carbocycles. The van der Waals surface area contributed by atoms with Gasteiger partial charge in [0.05, 0.1) is 17.1 Å². The Balaban J connectivity index is 1.75. The van der Waals surface area contributed by atoms with Crippen LogP contribution in [0.4, 0.5) is 5.69 Å². The smallest absolute Gasteiger partial charge is 0.238 e. The summed E-state index contributed by atoms with van der Waals surface area (Å²) >= 11 is 1.54. The summed E-state index contributed by atoms with van der Waals surface area (Å²) in [6.07, 6.45) is 0. The number of H-pyrrole nitrogens is 1. The second kappa shape index (κ2) is 6.77. The molecule has 2 heterocycles. The topological polar surface area (TPSA) is 56.3 Å². The summed E-state index contributed by atoms with van der Waals surface area (Å²) in [6.45, 7) is 0. The summed E-state index contributed by atoms with van der Waals surface area (Å²) in [6, 6.07) is 25.3. The monoisotopic (exact) mass is 386 g/mol. The van der Waals surface area contributed by atoms with Crippen molar-refractivity contribution < 1.29 is 9.90 Å². The minimum atomic E-state index is -0.268. The zero-order valence-electron chi connectivity index (χ0n) is 15.0. The fourth-order valence-electron chi connectivity index (χ4n) is 3.78. The van der Waals surface area contributed by atoms with E-state index < -0.39 is 0 Å². The van der Waals surface area contributed by atoms with E-state index in [2.05, 4.69) is 4.98 Å². The van der Waals surface area contributed by atoms with Gasteiger partial charge in [-0.05, 0) is 12.1 Å². The highest BCUT2D eigenvalue weighted by molar-refractivity contribution is 8.00. The van der Waals surface area contributed by atoms with Crippen LogP contribution in [0.15, 0.2) is 78.9 Å². The predicted molar refractivity (Wildman–Crippen MR) is 115 cm³/mol. The molecule has 1 aliphatic rings. The highest BCUT2D eigenvalue weighted by Crippen LogP contribution is 2.49. The first-order chi connectivity index (χ1) is 13.7. The molecule has 5 heteroatoms. The fraction of sp³-hybridized carbons (Fsp3) is 0.0870. The zero-order chi connectivity index (χ0) is 19.1. The van der Waals surface area contributed by atoms with E-state index >= 15 is 0 Å². The Morgan fingerprint density at radius 1 is 0.929 bits per heavy atom. The van der Waals surface area contributed by atoms with Crippen LogP contribution in [-0.4, -0.2) is 21.8 Å². The first kappa shape index (κ1) is 17.0. The van der Waals surface area contributed by atoms with Crippen molar-refractivity contribution in [2.24, 2.45) is 0 Å². The van der Waals surface area contributed by atoms with Crippen LogP contribution in [0.2, 0.25) is 0 Å². The maximum atomic E-state index is 13.0. The molecule has 1 atom stereocenters. The van der Waals surface area contributed by atoms with Crippen molar-refractivity contribution in [3.8, 4) is 17.0 Å². The number of fused-ring (bicyclic) bond motifs is 1. The standard InChI is InChI=1S/C23H18N2O2S/c26-19-13-7-5-11-17(19)23-25(20(27)14-28-23)22-16-10-4-6-12-18(16)24-21(22)15-8-2-1-3-9-15/h1-13,23-24,26H,14H2. The maximum absolute atomic E-state index is 13.0. The fourth-order valence-corrected chi connectivity index (χ4v) is 4.97. The minimum absolute atomic E-state index is 0.0418. The second-order valence-electron chi connectivity index (χ2n) is 6.75. The van der Waals surface area contributed by atoms with Gasteiger partial charge in [0.15, 0.2) is 0 Å². The number of carbonyl (C=O) groups excluding carboxylic acids is 1. The van der Waals surface area contributed by atoms with Gasteiger partial charge < -0.3 is 10.1 Å². The minimum Gasteiger partial charge on any atom is -0.508 e. The zero-order valence-corrected chi connectivity index (χ0v) is 15.8. The number of aromatic nitrogens is 1. The Morgan fingerprint density at radius 2 is 1.64 bits per heavy atom. The molecule has 1 saturated heterocycles. The molecular formula is C23H18N2O2S. The summed E-state index contributed by atoms with van der Waals surface area (Å²) in [5.74, 6) is 0.633. The summed E-state index contributed by atoms with van der Waals surface area (Å²) in [4.78, 5) is 18.3. The molecule has 0 spiro atoms. The average Bonchev–Trinajstić information content (AvgIpc) is 3.29. The second-order valence-corrected chi connectivity index (χ2v) is 7.81. The molecule has 1 fully saturated rings. The van der Waals surface area contributed by atoms with Crippen molar-refractivity contribution in [1.82, 2.24) is 4.98 Å². The third-order valence-electron chi connectivity index (χ3n) is 5.05. The largest absolute Gasteiger partial charge is 0.508 e. The van der Waals surface area contributed by atoms with Crippen molar-refractivity contribution in [2.75, 3.05) is 10.7 Å². The van der Waals surface area contributed by atoms with Crippen LogP contribution in [0, 0.1) is 0 Å². The number of nitrogens with one attached hydrogen (secondary N) is 1. The number of thioether (sulfide) groups is 1. The van der Waals surface area contributed by atoms with Gasteiger partial charge in [-0.3, -0.25) is 9.69 Å². The Kier molecular flexibility index (Phi) is 4.10. The molecule has 4 aromatic rings. The number of aromatic hydroxyl groups is 1. The summed E-state index contributed by atoms with van der Waals surface area (Å²) < 4.78 is 0. The van der Waals surface area contributed by atoms with E-state index in [1.165, 1.54) is 11.8 Å². The Labute approximate surface area is 166 Å². The van der Waals surface area contributed by atoms with Gasteiger partial charge in [0.25, 0.3) is 0 Å². The molecule has 5 rings (SSSR count). The lowest BCUT2D eigenvalue weighted by Gasteiger charge is -2.25. The number of carbonyl (C=O) groups is 1. The number of hydrogen-bond acceptors (Lipinski definition) is 3. The van der Waals surface area contributed by atoms with Crippen LogP contribution in [0.25, 0.3) is 22.2 Å². The number of hydrogen-bond donors (Lipinski definition) is 2. The lowest BCUT2D eigenvalue weighted by atomic mass is 10.1. The Hall–Kier alpha value is -3.18. The first-order valence-electron chi connectivity index (χ1n) is 9.12. The Morgan fingerprint density at radius 3 is 2.46 bits per heavy atom. The lowest BCUT2D eigenvalue weighted by Crippen LogP contribution is -2.28. The normalized spacial score (nSPS) is 16.8. The van der Waals surface area contributed by atoms with Gasteiger partial charge in [-0.2, -0.15) is 0 Å². The van der Waals surface area contributed by atoms with E-state index in [9.17, 15) is 9.90 Å². The number of phenols is 1. The molecule has 2 N–H and O–H groups in total. The number of benzene rings is 3. The third kappa shape index (κ3) is 2.67. The van der Waals surface area contributed by atoms with E-state index in [-0.39, 0.29) is 17.0 Å². The van der Waals surface area contributed by atoms with Gasteiger partial charge in [-0.15, -0.1) is 11.8 Å². The van der Waals surface area contributed by atoms with Gasteiger partial charge in [-0.25, -0.2) is 0 Å². The highest BCUT2D eigenvalue weighted by Gasteiger charge is 2.38. The average molecular weight is 386 g/mol.